The quantitative estimate of drug-likeness (QED) is 0.665. The summed E-state index contributed by atoms with van der Waals surface area (Å²) >= 11 is 5.83. The number of hydrogen-bond acceptors (Lipinski definition) is 3. The molecule has 6 heteroatoms. The fourth-order valence-corrected chi connectivity index (χ4v) is 3.90. The van der Waals surface area contributed by atoms with E-state index in [0.29, 0.717) is 29.7 Å². The molecule has 0 aliphatic carbocycles. The van der Waals surface area contributed by atoms with E-state index in [9.17, 15) is 9.59 Å². The molecule has 0 bridgehead atoms. The van der Waals surface area contributed by atoms with E-state index in [1.54, 1.807) is 24.3 Å². The van der Waals surface area contributed by atoms with Crippen molar-refractivity contribution < 1.29 is 9.59 Å². The maximum Gasteiger partial charge on any atom is 0.251 e. The monoisotopic (exact) mass is 427 g/mol. The van der Waals surface area contributed by atoms with Crippen LogP contribution >= 0.6 is 11.6 Å². The first-order valence-corrected chi connectivity index (χ1v) is 11.0. The normalized spacial score (nSPS) is 16.8. The van der Waals surface area contributed by atoms with Crippen molar-refractivity contribution in [2.75, 3.05) is 13.1 Å². The van der Waals surface area contributed by atoms with Crippen LogP contribution in [0.15, 0.2) is 48.5 Å². The molecular weight excluding hydrogens is 398 g/mol. The Kier molecular flexibility index (Phi) is 8.29. The minimum Gasteiger partial charge on any atom is -0.352 e. The smallest absolute Gasteiger partial charge is 0.251 e. The number of piperidine rings is 1. The fourth-order valence-electron chi connectivity index (χ4n) is 3.77. The van der Waals surface area contributed by atoms with Gasteiger partial charge in [-0.3, -0.25) is 14.5 Å². The molecule has 5 nitrogen and oxygen atoms in total. The van der Waals surface area contributed by atoms with E-state index in [2.05, 4.69) is 40.7 Å². The van der Waals surface area contributed by atoms with Gasteiger partial charge in [0.05, 0.1) is 0 Å². The van der Waals surface area contributed by atoms with Crippen molar-refractivity contribution in [3.8, 4) is 0 Å². The van der Waals surface area contributed by atoms with E-state index < -0.39 is 0 Å². The van der Waals surface area contributed by atoms with Crippen molar-refractivity contribution in [2.45, 2.75) is 51.7 Å². The van der Waals surface area contributed by atoms with Gasteiger partial charge in [0.2, 0.25) is 5.91 Å². The third-order valence-electron chi connectivity index (χ3n) is 5.65. The molecule has 1 aliphatic heterocycles. The van der Waals surface area contributed by atoms with Gasteiger partial charge < -0.3 is 10.6 Å². The zero-order valence-electron chi connectivity index (χ0n) is 17.5. The molecule has 0 saturated carbocycles. The molecule has 160 valence electrons. The molecule has 1 fully saturated rings. The van der Waals surface area contributed by atoms with Gasteiger partial charge in [-0.1, -0.05) is 42.3 Å². The predicted octanol–water partition coefficient (Wildman–Crippen LogP) is 4.15. The van der Waals surface area contributed by atoms with Crippen LogP contribution in [-0.4, -0.2) is 35.8 Å². The Morgan fingerprint density at radius 1 is 1.03 bits per heavy atom. The zero-order valence-corrected chi connectivity index (χ0v) is 18.3. The average molecular weight is 428 g/mol. The number of nitrogens with one attached hydrogen (secondary N) is 2. The molecule has 1 unspecified atom stereocenters. The van der Waals surface area contributed by atoms with Crippen LogP contribution in [-0.2, 0) is 17.9 Å². The molecule has 1 saturated heterocycles. The Morgan fingerprint density at radius 2 is 1.77 bits per heavy atom. The van der Waals surface area contributed by atoms with E-state index in [1.807, 2.05) is 6.07 Å². The summed E-state index contributed by atoms with van der Waals surface area (Å²) in [5.41, 5.74) is 2.94. The summed E-state index contributed by atoms with van der Waals surface area (Å²) in [4.78, 5) is 26.9. The second kappa shape index (κ2) is 11.1. The minimum absolute atomic E-state index is 0.0763. The van der Waals surface area contributed by atoms with Gasteiger partial charge >= 0.3 is 0 Å². The number of amides is 2. The number of carbonyl (C=O) groups excluding carboxylic acids is 2. The third-order valence-corrected chi connectivity index (χ3v) is 5.90. The predicted molar refractivity (Wildman–Crippen MR) is 120 cm³/mol. The van der Waals surface area contributed by atoms with Crippen LogP contribution in [0.1, 0.15) is 54.1 Å². The number of benzene rings is 2. The van der Waals surface area contributed by atoms with Crippen LogP contribution in [0.4, 0.5) is 0 Å². The van der Waals surface area contributed by atoms with E-state index in [-0.39, 0.29) is 18.2 Å². The molecular formula is C24H30ClN3O2. The summed E-state index contributed by atoms with van der Waals surface area (Å²) in [6.45, 7) is 5.14. The first kappa shape index (κ1) is 22.3. The van der Waals surface area contributed by atoms with Crippen molar-refractivity contribution in [2.24, 2.45) is 0 Å². The Labute approximate surface area is 183 Å². The van der Waals surface area contributed by atoms with Gasteiger partial charge in [0.25, 0.3) is 5.91 Å². The van der Waals surface area contributed by atoms with Crippen LogP contribution < -0.4 is 10.6 Å². The van der Waals surface area contributed by atoms with Crippen LogP contribution in [0.5, 0.6) is 0 Å². The molecule has 0 radical (unpaired) electrons. The molecule has 2 amide bonds. The van der Waals surface area contributed by atoms with Crippen molar-refractivity contribution >= 4 is 23.4 Å². The lowest BCUT2D eigenvalue weighted by atomic mass is 10.0. The van der Waals surface area contributed by atoms with E-state index in [0.717, 1.165) is 18.7 Å². The van der Waals surface area contributed by atoms with Crippen LogP contribution in [0.3, 0.4) is 0 Å². The van der Waals surface area contributed by atoms with Gasteiger partial charge in [-0.15, -0.1) is 0 Å². The van der Waals surface area contributed by atoms with Gasteiger partial charge in [-0.25, -0.2) is 0 Å². The van der Waals surface area contributed by atoms with Gasteiger partial charge in [0, 0.05) is 42.7 Å². The highest BCUT2D eigenvalue weighted by molar-refractivity contribution is 6.30. The maximum atomic E-state index is 12.2. The second-order valence-electron chi connectivity index (χ2n) is 7.87. The van der Waals surface area contributed by atoms with Crippen molar-refractivity contribution in [3.63, 3.8) is 0 Å². The molecule has 2 aromatic carbocycles. The van der Waals surface area contributed by atoms with Gasteiger partial charge in [-0.2, -0.15) is 0 Å². The highest BCUT2D eigenvalue weighted by Gasteiger charge is 2.19. The Morgan fingerprint density at radius 3 is 2.50 bits per heavy atom. The standard InChI is InChI=1S/C24H30ClN3O2/c1-18-6-4-5-15-28(18)17-21-8-3-2-7-20(21)16-27-23(29)13-14-26-24(30)19-9-11-22(25)12-10-19/h2-3,7-12,18H,4-6,13-17H2,1H3,(H,26,30)(H,27,29). The van der Waals surface area contributed by atoms with Gasteiger partial charge in [-0.05, 0) is 61.7 Å². The van der Waals surface area contributed by atoms with E-state index >= 15 is 0 Å². The first-order chi connectivity index (χ1) is 14.5. The number of rotatable bonds is 8. The highest BCUT2D eigenvalue weighted by atomic mass is 35.5. The average Bonchev–Trinajstić information content (AvgIpc) is 2.75. The number of likely N-dealkylation sites (tertiary alicyclic amines) is 1. The number of halogens is 1. The second-order valence-corrected chi connectivity index (χ2v) is 8.31. The number of nitrogens with zero attached hydrogens (tertiary/aromatic N) is 1. The SMILES string of the molecule is CC1CCCCN1Cc1ccccc1CNC(=O)CCNC(=O)c1ccc(Cl)cc1. The number of hydrogen-bond donors (Lipinski definition) is 2. The van der Waals surface area contributed by atoms with Gasteiger partial charge in [0.15, 0.2) is 0 Å². The molecule has 2 aromatic rings. The lowest BCUT2D eigenvalue weighted by Crippen LogP contribution is -2.37. The lowest BCUT2D eigenvalue weighted by Gasteiger charge is -2.33. The largest absolute Gasteiger partial charge is 0.352 e. The van der Waals surface area contributed by atoms with Crippen molar-refractivity contribution in [3.05, 3.63) is 70.2 Å². The van der Waals surface area contributed by atoms with Crippen molar-refractivity contribution in [1.82, 2.24) is 15.5 Å². The Balaban J connectivity index is 1.44. The maximum absolute atomic E-state index is 12.2. The van der Waals surface area contributed by atoms with Crippen LogP contribution in [0.25, 0.3) is 0 Å². The molecule has 1 atom stereocenters. The molecule has 2 N–H and O–H groups in total. The van der Waals surface area contributed by atoms with Crippen molar-refractivity contribution in [1.29, 1.82) is 0 Å². The summed E-state index contributed by atoms with van der Waals surface area (Å²) in [6, 6.07) is 15.6. The molecule has 30 heavy (non-hydrogen) atoms. The zero-order chi connectivity index (χ0) is 21.3. The molecule has 0 spiro atoms. The Bertz CT molecular complexity index is 854. The summed E-state index contributed by atoms with van der Waals surface area (Å²) in [5.74, 6) is -0.284. The molecule has 1 heterocycles. The summed E-state index contributed by atoms with van der Waals surface area (Å²) < 4.78 is 0. The van der Waals surface area contributed by atoms with Crippen LogP contribution in [0.2, 0.25) is 5.02 Å². The minimum atomic E-state index is -0.208. The topological polar surface area (TPSA) is 61.4 Å². The Hall–Kier alpha value is -2.37. The first-order valence-electron chi connectivity index (χ1n) is 10.6. The summed E-state index contributed by atoms with van der Waals surface area (Å²) in [6.07, 6.45) is 4.06. The molecule has 0 aromatic heterocycles. The molecule has 1 aliphatic rings. The third kappa shape index (κ3) is 6.57. The lowest BCUT2D eigenvalue weighted by molar-refractivity contribution is -0.121. The summed E-state index contributed by atoms with van der Waals surface area (Å²) in [7, 11) is 0. The van der Waals surface area contributed by atoms with Gasteiger partial charge in [0.1, 0.15) is 0 Å². The fraction of sp³-hybridized carbons (Fsp3) is 0.417. The number of carbonyl (C=O) groups is 2. The highest BCUT2D eigenvalue weighted by Crippen LogP contribution is 2.20. The molecule has 3 rings (SSSR count). The van der Waals surface area contributed by atoms with E-state index in [4.69, 9.17) is 11.6 Å². The van der Waals surface area contributed by atoms with E-state index in [1.165, 1.54) is 24.8 Å². The summed E-state index contributed by atoms with van der Waals surface area (Å²) in [5, 5.41) is 6.34. The van der Waals surface area contributed by atoms with Crippen LogP contribution in [0, 0.1) is 0 Å².